The van der Waals surface area contributed by atoms with Gasteiger partial charge in [0.25, 0.3) is 5.91 Å². The molecule has 2 aromatic carbocycles. The molecule has 27 heavy (non-hydrogen) atoms. The van der Waals surface area contributed by atoms with Crippen molar-refractivity contribution >= 4 is 11.9 Å². The smallest absolute Gasteiger partial charge is 0.341 e. The van der Waals surface area contributed by atoms with E-state index in [1.807, 2.05) is 25.1 Å². The summed E-state index contributed by atoms with van der Waals surface area (Å²) >= 11 is 0. The van der Waals surface area contributed by atoms with Gasteiger partial charge in [0.05, 0.1) is 13.7 Å². The molecule has 144 valence electrons. The van der Waals surface area contributed by atoms with E-state index in [0.29, 0.717) is 36.0 Å². The van der Waals surface area contributed by atoms with E-state index in [-0.39, 0.29) is 5.91 Å². The van der Waals surface area contributed by atoms with Crippen LogP contribution in [0.25, 0.3) is 0 Å². The Balaban J connectivity index is 1.98. The molecule has 1 amide bonds. The van der Waals surface area contributed by atoms with Gasteiger partial charge >= 0.3 is 5.97 Å². The van der Waals surface area contributed by atoms with Crippen LogP contribution in [0, 0.1) is 0 Å². The zero-order chi connectivity index (χ0) is 19.6. The number of methoxy groups -OCH3 is 1. The Morgan fingerprint density at radius 1 is 1.07 bits per heavy atom. The van der Waals surface area contributed by atoms with Gasteiger partial charge in [0.1, 0.15) is 5.75 Å². The summed E-state index contributed by atoms with van der Waals surface area (Å²) in [5.74, 6) is 0.229. The molecule has 0 atom stereocenters. The van der Waals surface area contributed by atoms with E-state index in [2.05, 4.69) is 5.32 Å². The van der Waals surface area contributed by atoms with Crippen LogP contribution in [0.3, 0.4) is 0 Å². The first-order valence-corrected chi connectivity index (χ1v) is 8.56. The molecular weight excluding hydrogens is 350 g/mol. The molecule has 0 unspecified atom stereocenters. The fourth-order valence-electron chi connectivity index (χ4n) is 2.31. The minimum Gasteiger partial charge on any atom is -0.493 e. The summed E-state index contributed by atoms with van der Waals surface area (Å²) < 4.78 is 16.0. The van der Waals surface area contributed by atoms with Gasteiger partial charge in [-0.25, -0.2) is 4.79 Å². The van der Waals surface area contributed by atoms with Crippen molar-refractivity contribution < 1.29 is 28.9 Å². The molecule has 0 spiro atoms. The predicted octanol–water partition coefficient (Wildman–Crippen LogP) is 2.88. The molecule has 0 fully saturated rings. The maximum Gasteiger partial charge on any atom is 0.341 e. The number of ether oxygens (including phenoxy) is 3. The van der Waals surface area contributed by atoms with Crippen molar-refractivity contribution in [2.45, 2.75) is 19.9 Å². The molecule has 2 N–H and O–H groups in total. The molecule has 7 heteroatoms. The molecule has 0 aliphatic rings. The van der Waals surface area contributed by atoms with E-state index < -0.39 is 12.6 Å². The van der Waals surface area contributed by atoms with Crippen molar-refractivity contribution in [3.05, 3.63) is 53.6 Å². The summed E-state index contributed by atoms with van der Waals surface area (Å²) in [5.41, 5.74) is 1.25. The van der Waals surface area contributed by atoms with E-state index >= 15 is 0 Å². The van der Waals surface area contributed by atoms with Crippen LogP contribution in [0.15, 0.2) is 42.5 Å². The number of carboxylic acid groups (broad SMARTS) is 1. The van der Waals surface area contributed by atoms with Crippen molar-refractivity contribution in [3.63, 3.8) is 0 Å². The van der Waals surface area contributed by atoms with E-state index in [9.17, 15) is 9.59 Å². The number of benzene rings is 2. The molecule has 0 aliphatic carbocycles. The second-order valence-corrected chi connectivity index (χ2v) is 5.73. The Bertz CT molecular complexity index is 790. The fraction of sp³-hybridized carbons (Fsp3) is 0.300. The van der Waals surface area contributed by atoms with Crippen LogP contribution in [-0.2, 0) is 11.3 Å². The Morgan fingerprint density at radius 3 is 2.59 bits per heavy atom. The van der Waals surface area contributed by atoms with Crippen LogP contribution in [0.4, 0.5) is 0 Å². The SMILES string of the molecule is CCCOc1ccc(CNC(=O)c2cccc(OCC(=O)O)c2)cc1OC. The third kappa shape index (κ3) is 6.22. The lowest BCUT2D eigenvalue weighted by Crippen LogP contribution is -2.22. The zero-order valence-corrected chi connectivity index (χ0v) is 15.4. The highest BCUT2D eigenvalue weighted by Crippen LogP contribution is 2.28. The normalized spacial score (nSPS) is 10.1. The van der Waals surface area contributed by atoms with Crippen molar-refractivity contribution in [3.8, 4) is 17.2 Å². The lowest BCUT2D eigenvalue weighted by Gasteiger charge is -2.12. The second-order valence-electron chi connectivity index (χ2n) is 5.73. The van der Waals surface area contributed by atoms with Crippen LogP contribution in [0.1, 0.15) is 29.3 Å². The van der Waals surface area contributed by atoms with E-state index in [0.717, 1.165) is 12.0 Å². The van der Waals surface area contributed by atoms with Crippen LogP contribution >= 0.6 is 0 Å². The number of hydrogen-bond acceptors (Lipinski definition) is 5. The third-order valence-electron chi connectivity index (χ3n) is 3.60. The maximum atomic E-state index is 12.3. The summed E-state index contributed by atoms with van der Waals surface area (Å²) in [5, 5.41) is 11.5. The van der Waals surface area contributed by atoms with Gasteiger partial charge in [-0.05, 0) is 42.3 Å². The number of amides is 1. The first-order valence-electron chi connectivity index (χ1n) is 8.56. The molecule has 7 nitrogen and oxygen atoms in total. The third-order valence-corrected chi connectivity index (χ3v) is 3.60. The van der Waals surface area contributed by atoms with Gasteiger partial charge in [0.2, 0.25) is 0 Å². The van der Waals surface area contributed by atoms with Crippen molar-refractivity contribution in [2.24, 2.45) is 0 Å². The van der Waals surface area contributed by atoms with E-state index in [1.165, 1.54) is 6.07 Å². The van der Waals surface area contributed by atoms with Gasteiger partial charge in [-0.15, -0.1) is 0 Å². The highest BCUT2D eigenvalue weighted by molar-refractivity contribution is 5.94. The Hall–Kier alpha value is -3.22. The van der Waals surface area contributed by atoms with Crippen LogP contribution in [0.5, 0.6) is 17.2 Å². The average molecular weight is 373 g/mol. The second kappa shape index (κ2) is 10.1. The van der Waals surface area contributed by atoms with Gasteiger partial charge in [0.15, 0.2) is 18.1 Å². The van der Waals surface area contributed by atoms with Gasteiger partial charge in [-0.3, -0.25) is 4.79 Å². The number of carbonyl (C=O) groups excluding carboxylic acids is 1. The highest BCUT2D eigenvalue weighted by Gasteiger charge is 2.10. The number of carbonyl (C=O) groups is 2. The molecule has 0 aromatic heterocycles. The largest absolute Gasteiger partial charge is 0.493 e. The highest BCUT2D eigenvalue weighted by atomic mass is 16.5. The van der Waals surface area contributed by atoms with Gasteiger partial charge < -0.3 is 24.6 Å². The molecule has 0 aliphatic heterocycles. The quantitative estimate of drug-likeness (QED) is 0.665. The summed E-state index contributed by atoms with van der Waals surface area (Å²) in [4.78, 5) is 22.9. The van der Waals surface area contributed by atoms with E-state index in [1.54, 1.807) is 25.3 Å². The number of rotatable bonds is 10. The average Bonchev–Trinajstić information content (AvgIpc) is 2.69. The van der Waals surface area contributed by atoms with Gasteiger partial charge in [-0.2, -0.15) is 0 Å². The molecule has 0 bridgehead atoms. The minimum atomic E-state index is -1.08. The molecule has 0 radical (unpaired) electrons. The number of aliphatic carboxylic acids is 1. The van der Waals surface area contributed by atoms with Crippen LogP contribution in [0.2, 0.25) is 0 Å². The summed E-state index contributed by atoms with van der Waals surface area (Å²) in [6.45, 7) is 2.48. The Labute approximate surface area is 157 Å². The predicted molar refractivity (Wildman–Crippen MR) is 99.5 cm³/mol. The van der Waals surface area contributed by atoms with E-state index in [4.69, 9.17) is 19.3 Å². The number of carboxylic acids is 1. The topological polar surface area (TPSA) is 94.1 Å². The van der Waals surface area contributed by atoms with Crippen molar-refractivity contribution in [1.29, 1.82) is 0 Å². The Morgan fingerprint density at radius 2 is 1.89 bits per heavy atom. The summed E-state index contributed by atoms with van der Waals surface area (Å²) in [6.07, 6.45) is 0.899. The van der Waals surface area contributed by atoms with Crippen LogP contribution < -0.4 is 19.5 Å². The minimum absolute atomic E-state index is 0.291. The zero-order valence-electron chi connectivity index (χ0n) is 15.4. The van der Waals surface area contributed by atoms with Crippen LogP contribution in [-0.4, -0.2) is 37.3 Å². The number of nitrogens with one attached hydrogen (secondary N) is 1. The molecule has 0 heterocycles. The maximum absolute atomic E-state index is 12.3. The fourth-order valence-corrected chi connectivity index (χ4v) is 2.31. The molecule has 0 saturated carbocycles. The molecule has 2 aromatic rings. The van der Waals surface area contributed by atoms with Crippen molar-refractivity contribution in [1.82, 2.24) is 5.32 Å². The monoisotopic (exact) mass is 373 g/mol. The first-order chi connectivity index (χ1) is 13.0. The summed E-state index contributed by atoms with van der Waals surface area (Å²) in [6, 6.07) is 11.9. The molecule has 2 rings (SSSR count). The Kier molecular flexibility index (Phi) is 7.49. The number of hydrogen-bond donors (Lipinski definition) is 2. The van der Waals surface area contributed by atoms with Gasteiger partial charge in [0, 0.05) is 12.1 Å². The molecule has 0 saturated heterocycles. The first kappa shape index (κ1) is 20.1. The standard InChI is InChI=1S/C20H23NO6/c1-3-9-26-17-8-7-14(10-18(17)25-2)12-21-20(24)15-5-4-6-16(11-15)27-13-19(22)23/h4-8,10-11H,3,9,12-13H2,1-2H3,(H,21,24)(H,22,23). The summed E-state index contributed by atoms with van der Waals surface area (Å²) in [7, 11) is 1.57. The molecular formula is C20H23NO6. The lowest BCUT2D eigenvalue weighted by atomic mass is 10.1. The van der Waals surface area contributed by atoms with Gasteiger partial charge in [-0.1, -0.05) is 19.1 Å². The lowest BCUT2D eigenvalue weighted by molar-refractivity contribution is -0.139. The van der Waals surface area contributed by atoms with Crippen molar-refractivity contribution in [2.75, 3.05) is 20.3 Å².